The lowest BCUT2D eigenvalue weighted by molar-refractivity contribution is -0.139. The van der Waals surface area contributed by atoms with Gasteiger partial charge in [0.05, 0.1) is 6.54 Å². The molecule has 1 amide bonds. The molecule has 9 heteroatoms. The Morgan fingerprint density at radius 1 is 1.57 bits per heavy atom. The van der Waals surface area contributed by atoms with Crippen molar-refractivity contribution in [3.8, 4) is 0 Å². The molecule has 23 heavy (non-hydrogen) atoms. The van der Waals surface area contributed by atoms with Crippen molar-refractivity contribution >= 4 is 5.91 Å². The molecular weight excluding hydrogens is 313 g/mol. The van der Waals surface area contributed by atoms with Crippen LogP contribution in [0.25, 0.3) is 0 Å². The zero-order valence-electron chi connectivity index (χ0n) is 12.9. The van der Waals surface area contributed by atoms with Gasteiger partial charge in [0.1, 0.15) is 18.5 Å². The first-order valence-electron chi connectivity index (χ1n) is 7.47. The molecule has 0 aromatic carbocycles. The van der Waals surface area contributed by atoms with Gasteiger partial charge in [-0.15, -0.1) is 0 Å². The van der Waals surface area contributed by atoms with Crippen LogP contribution in [0.3, 0.4) is 0 Å². The fraction of sp³-hybridized carbons (Fsp3) is 0.714. The van der Waals surface area contributed by atoms with Gasteiger partial charge in [0.2, 0.25) is 5.91 Å². The number of carbonyl (C=O) groups excluding carboxylic acids is 1. The van der Waals surface area contributed by atoms with Gasteiger partial charge in [-0.1, -0.05) is 0 Å². The van der Waals surface area contributed by atoms with E-state index in [0.29, 0.717) is 18.9 Å². The first kappa shape index (κ1) is 17.7. The monoisotopic (exact) mass is 334 g/mol. The SMILES string of the molecule is Cn1ccnc1[C@@H](O)[C@@H]1CCCN(CC(=O)NCC(F)(F)F)C1. The van der Waals surface area contributed by atoms with Crippen molar-refractivity contribution in [3.63, 3.8) is 0 Å². The minimum Gasteiger partial charge on any atom is -0.385 e. The number of likely N-dealkylation sites (tertiary alicyclic amines) is 1. The molecule has 130 valence electrons. The van der Waals surface area contributed by atoms with Crippen LogP contribution in [0.1, 0.15) is 24.8 Å². The highest BCUT2D eigenvalue weighted by Gasteiger charge is 2.31. The maximum absolute atomic E-state index is 12.1. The van der Waals surface area contributed by atoms with Crippen LogP contribution in [0.2, 0.25) is 0 Å². The summed E-state index contributed by atoms with van der Waals surface area (Å²) >= 11 is 0. The molecule has 0 spiro atoms. The number of hydrogen-bond donors (Lipinski definition) is 2. The van der Waals surface area contributed by atoms with Crippen molar-refractivity contribution in [1.82, 2.24) is 19.8 Å². The van der Waals surface area contributed by atoms with Crippen molar-refractivity contribution in [2.75, 3.05) is 26.2 Å². The number of hydrogen-bond acceptors (Lipinski definition) is 4. The lowest BCUT2D eigenvalue weighted by Gasteiger charge is -2.34. The van der Waals surface area contributed by atoms with E-state index < -0.39 is 24.7 Å². The number of aryl methyl sites for hydroxylation is 1. The van der Waals surface area contributed by atoms with Gasteiger partial charge < -0.3 is 15.0 Å². The molecule has 0 bridgehead atoms. The predicted octanol–water partition coefficient (Wildman–Crippen LogP) is 0.844. The predicted molar refractivity (Wildman–Crippen MR) is 76.4 cm³/mol. The smallest absolute Gasteiger partial charge is 0.385 e. The Morgan fingerprint density at radius 2 is 2.30 bits per heavy atom. The Morgan fingerprint density at radius 3 is 2.91 bits per heavy atom. The second-order valence-corrected chi connectivity index (χ2v) is 5.87. The second-order valence-electron chi connectivity index (χ2n) is 5.87. The van der Waals surface area contributed by atoms with E-state index in [1.807, 2.05) is 5.32 Å². The summed E-state index contributed by atoms with van der Waals surface area (Å²) in [6, 6.07) is 0. The number of alkyl halides is 3. The third-order valence-electron chi connectivity index (χ3n) is 3.96. The summed E-state index contributed by atoms with van der Waals surface area (Å²) in [4.78, 5) is 17.5. The molecule has 6 nitrogen and oxygen atoms in total. The van der Waals surface area contributed by atoms with E-state index in [4.69, 9.17) is 0 Å². The molecule has 2 rings (SSSR count). The van der Waals surface area contributed by atoms with Crippen molar-refractivity contribution in [2.45, 2.75) is 25.1 Å². The summed E-state index contributed by atoms with van der Waals surface area (Å²) in [5.41, 5.74) is 0. The number of aromatic nitrogens is 2. The fourth-order valence-electron chi connectivity index (χ4n) is 2.82. The summed E-state index contributed by atoms with van der Waals surface area (Å²) in [5, 5.41) is 12.3. The van der Waals surface area contributed by atoms with E-state index in [9.17, 15) is 23.1 Å². The molecule has 1 saturated heterocycles. The van der Waals surface area contributed by atoms with Crippen LogP contribution in [0.15, 0.2) is 12.4 Å². The fourth-order valence-corrected chi connectivity index (χ4v) is 2.82. The molecule has 0 unspecified atom stereocenters. The lowest BCUT2D eigenvalue weighted by Crippen LogP contribution is -2.45. The molecule has 1 aromatic heterocycles. The topological polar surface area (TPSA) is 70.4 Å². The summed E-state index contributed by atoms with van der Waals surface area (Å²) < 4.78 is 38.0. The van der Waals surface area contributed by atoms with Crippen molar-refractivity contribution < 1.29 is 23.1 Å². The number of piperidine rings is 1. The van der Waals surface area contributed by atoms with Crippen molar-refractivity contribution in [1.29, 1.82) is 0 Å². The van der Waals surface area contributed by atoms with E-state index >= 15 is 0 Å². The molecule has 2 heterocycles. The molecular formula is C14H21F3N4O2. The van der Waals surface area contributed by atoms with E-state index in [2.05, 4.69) is 4.98 Å². The van der Waals surface area contributed by atoms with Crippen molar-refractivity contribution in [2.24, 2.45) is 13.0 Å². The van der Waals surface area contributed by atoms with Gasteiger partial charge in [0.15, 0.2) is 0 Å². The van der Waals surface area contributed by atoms with E-state index in [0.717, 1.165) is 12.8 Å². The third-order valence-corrected chi connectivity index (χ3v) is 3.96. The summed E-state index contributed by atoms with van der Waals surface area (Å²) in [7, 11) is 1.79. The number of amides is 1. The van der Waals surface area contributed by atoms with Gasteiger partial charge in [0, 0.05) is 31.9 Å². The number of carbonyl (C=O) groups is 1. The third kappa shape index (κ3) is 5.21. The van der Waals surface area contributed by atoms with Crippen LogP contribution in [-0.4, -0.2) is 57.8 Å². The molecule has 1 fully saturated rings. The van der Waals surface area contributed by atoms with Crippen LogP contribution in [-0.2, 0) is 11.8 Å². The van der Waals surface area contributed by atoms with E-state index in [1.165, 1.54) is 0 Å². The Bertz CT molecular complexity index is 532. The van der Waals surface area contributed by atoms with Crippen molar-refractivity contribution in [3.05, 3.63) is 18.2 Å². The molecule has 0 saturated carbocycles. The number of halogens is 3. The highest BCUT2D eigenvalue weighted by atomic mass is 19.4. The Kier molecular flexibility index (Phi) is 5.64. The Labute approximate surface area is 132 Å². The van der Waals surface area contributed by atoms with Gasteiger partial charge in [-0.2, -0.15) is 13.2 Å². The highest BCUT2D eigenvalue weighted by Crippen LogP contribution is 2.28. The van der Waals surface area contributed by atoms with Crippen LogP contribution in [0, 0.1) is 5.92 Å². The minimum absolute atomic E-state index is 0.0970. The molecule has 1 aromatic rings. The number of rotatable bonds is 5. The molecule has 0 aliphatic carbocycles. The quantitative estimate of drug-likeness (QED) is 0.837. The number of nitrogens with zero attached hydrogens (tertiary/aromatic N) is 3. The number of imidazole rings is 1. The molecule has 2 N–H and O–H groups in total. The number of aliphatic hydroxyl groups is 1. The van der Waals surface area contributed by atoms with Crippen LogP contribution < -0.4 is 5.32 Å². The highest BCUT2D eigenvalue weighted by molar-refractivity contribution is 5.78. The maximum Gasteiger partial charge on any atom is 0.405 e. The summed E-state index contributed by atoms with van der Waals surface area (Å²) in [6.07, 6.45) is -0.258. The normalized spacial score (nSPS) is 21.2. The Balaban J connectivity index is 1.86. The summed E-state index contributed by atoms with van der Waals surface area (Å²) in [6.45, 7) is -0.338. The number of nitrogens with one attached hydrogen (secondary N) is 1. The van der Waals surface area contributed by atoms with Gasteiger partial charge in [-0.05, 0) is 19.4 Å². The van der Waals surface area contributed by atoms with Gasteiger partial charge >= 0.3 is 6.18 Å². The largest absolute Gasteiger partial charge is 0.405 e. The van der Waals surface area contributed by atoms with Crippen LogP contribution >= 0.6 is 0 Å². The first-order valence-corrected chi connectivity index (χ1v) is 7.47. The summed E-state index contributed by atoms with van der Waals surface area (Å²) in [5.74, 6) is -0.201. The van der Waals surface area contributed by atoms with E-state index in [1.54, 1.807) is 28.9 Å². The molecule has 2 atom stereocenters. The van der Waals surface area contributed by atoms with Crippen LogP contribution in [0.4, 0.5) is 13.2 Å². The van der Waals surface area contributed by atoms with Gasteiger partial charge in [0.25, 0.3) is 0 Å². The van der Waals surface area contributed by atoms with Crippen LogP contribution in [0.5, 0.6) is 0 Å². The zero-order chi connectivity index (χ0) is 17.0. The average molecular weight is 334 g/mol. The minimum atomic E-state index is -4.41. The number of aliphatic hydroxyl groups excluding tert-OH is 1. The maximum atomic E-state index is 12.1. The lowest BCUT2D eigenvalue weighted by atomic mass is 9.92. The second kappa shape index (κ2) is 7.31. The average Bonchev–Trinajstić information content (AvgIpc) is 2.90. The molecule has 1 aliphatic heterocycles. The molecule has 1 aliphatic rings. The Hall–Kier alpha value is -1.61. The van der Waals surface area contributed by atoms with E-state index in [-0.39, 0.29) is 12.5 Å². The standard InChI is InChI=1S/C14H21F3N4O2/c1-20-6-4-18-13(20)12(23)10-3-2-5-21(7-10)8-11(22)19-9-14(15,16)17/h4,6,10,12,23H,2-3,5,7-9H2,1H3,(H,19,22)/t10-,12+/m1/s1. The molecule has 0 radical (unpaired) electrons. The van der Waals surface area contributed by atoms with Gasteiger partial charge in [-0.25, -0.2) is 4.98 Å². The van der Waals surface area contributed by atoms with Gasteiger partial charge in [-0.3, -0.25) is 9.69 Å². The zero-order valence-corrected chi connectivity index (χ0v) is 12.9. The first-order chi connectivity index (χ1) is 10.8.